The summed E-state index contributed by atoms with van der Waals surface area (Å²) >= 11 is 0. The first-order valence-electron chi connectivity index (χ1n) is 11.6. The van der Waals surface area contributed by atoms with E-state index in [2.05, 4.69) is 38.1 Å². The molecule has 0 fully saturated rings. The molecule has 0 unspecified atom stereocenters. The van der Waals surface area contributed by atoms with Crippen LogP contribution in [0.25, 0.3) is 0 Å². The summed E-state index contributed by atoms with van der Waals surface area (Å²) in [5, 5.41) is 0. The minimum absolute atomic E-state index is 0.866. The van der Waals surface area contributed by atoms with Crippen molar-refractivity contribution in [2.75, 3.05) is 6.61 Å². The van der Waals surface area contributed by atoms with Crippen molar-refractivity contribution in [3.05, 3.63) is 29.8 Å². The molecule has 0 saturated carbocycles. The van der Waals surface area contributed by atoms with E-state index in [4.69, 9.17) is 4.74 Å². The molecule has 0 saturated heterocycles. The van der Waals surface area contributed by atoms with Crippen LogP contribution in [-0.2, 0) is 6.42 Å². The molecule has 1 aromatic rings. The third-order valence-corrected chi connectivity index (χ3v) is 5.23. The summed E-state index contributed by atoms with van der Waals surface area (Å²) in [4.78, 5) is 0. The lowest BCUT2D eigenvalue weighted by molar-refractivity contribution is 0.304. The molecule has 0 spiro atoms. The van der Waals surface area contributed by atoms with Gasteiger partial charge in [-0.1, -0.05) is 116 Å². The summed E-state index contributed by atoms with van der Waals surface area (Å²) in [6.07, 6.45) is 22.0. The Morgan fingerprint density at radius 1 is 0.538 bits per heavy atom. The molecule has 1 aromatic carbocycles. The van der Waals surface area contributed by atoms with Gasteiger partial charge in [0, 0.05) is 0 Å². The molecular formula is C25H44O. The number of rotatable bonds is 18. The summed E-state index contributed by atoms with van der Waals surface area (Å²) in [6.45, 7) is 5.38. The standard InChI is InChI=1S/C25H44O/c1-3-5-6-7-8-9-10-11-12-13-14-15-16-17-23-26-25-21-19-24(18-4-2)20-22-25/h19-22H,3-18,23H2,1-2H3. The van der Waals surface area contributed by atoms with E-state index in [1.165, 1.54) is 108 Å². The van der Waals surface area contributed by atoms with Crippen molar-refractivity contribution >= 4 is 0 Å². The van der Waals surface area contributed by atoms with Crippen molar-refractivity contribution < 1.29 is 4.74 Å². The topological polar surface area (TPSA) is 9.23 Å². The number of benzene rings is 1. The molecule has 0 aliphatic carbocycles. The second-order valence-corrected chi connectivity index (χ2v) is 7.84. The van der Waals surface area contributed by atoms with Crippen molar-refractivity contribution in [2.24, 2.45) is 0 Å². The Bertz CT molecular complexity index is 395. The highest BCUT2D eigenvalue weighted by Crippen LogP contribution is 2.15. The van der Waals surface area contributed by atoms with Gasteiger partial charge >= 0.3 is 0 Å². The first kappa shape index (κ1) is 23.1. The van der Waals surface area contributed by atoms with E-state index in [1.807, 2.05) is 0 Å². The van der Waals surface area contributed by atoms with E-state index in [9.17, 15) is 0 Å². The van der Waals surface area contributed by atoms with Crippen LogP contribution in [0.5, 0.6) is 5.75 Å². The molecule has 26 heavy (non-hydrogen) atoms. The van der Waals surface area contributed by atoms with Crippen molar-refractivity contribution in [1.29, 1.82) is 0 Å². The quantitative estimate of drug-likeness (QED) is 0.238. The lowest BCUT2D eigenvalue weighted by Crippen LogP contribution is -1.97. The van der Waals surface area contributed by atoms with Crippen molar-refractivity contribution in [2.45, 2.75) is 117 Å². The van der Waals surface area contributed by atoms with Crippen LogP contribution in [-0.4, -0.2) is 6.61 Å². The van der Waals surface area contributed by atoms with Gasteiger partial charge in [0.2, 0.25) is 0 Å². The number of hydrogen-bond donors (Lipinski definition) is 0. The number of unbranched alkanes of at least 4 members (excludes halogenated alkanes) is 13. The lowest BCUT2D eigenvalue weighted by Gasteiger charge is -2.07. The summed E-state index contributed by atoms with van der Waals surface area (Å²) in [7, 11) is 0. The fourth-order valence-corrected chi connectivity index (χ4v) is 3.53. The Labute approximate surface area is 163 Å². The third-order valence-electron chi connectivity index (χ3n) is 5.23. The van der Waals surface area contributed by atoms with Crippen molar-refractivity contribution in [1.82, 2.24) is 0 Å². The Balaban J connectivity index is 1.80. The van der Waals surface area contributed by atoms with E-state index in [0.29, 0.717) is 0 Å². The van der Waals surface area contributed by atoms with Crippen LogP contribution in [0.15, 0.2) is 24.3 Å². The molecule has 0 aromatic heterocycles. The number of ether oxygens (including phenoxy) is 1. The van der Waals surface area contributed by atoms with Crippen LogP contribution in [0.4, 0.5) is 0 Å². The van der Waals surface area contributed by atoms with Crippen LogP contribution < -0.4 is 4.74 Å². The van der Waals surface area contributed by atoms with Gasteiger partial charge in [-0.3, -0.25) is 0 Å². The van der Waals surface area contributed by atoms with Gasteiger partial charge in [-0.25, -0.2) is 0 Å². The zero-order valence-electron chi connectivity index (χ0n) is 17.7. The van der Waals surface area contributed by atoms with Crippen molar-refractivity contribution in [3.8, 4) is 5.75 Å². The molecule has 0 aliphatic rings. The smallest absolute Gasteiger partial charge is 0.119 e. The molecule has 0 bridgehead atoms. The molecule has 0 atom stereocenters. The first-order valence-corrected chi connectivity index (χ1v) is 11.6. The zero-order valence-corrected chi connectivity index (χ0v) is 17.7. The molecule has 1 rings (SSSR count). The van der Waals surface area contributed by atoms with Crippen LogP contribution >= 0.6 is 0 Å². The Hall–Kier alpha value is -0.980. The average molecular weight is 361 g/mol. The highest BCUT2D eigenvalue weighted by atomic mass is 16.5. The Morgan fingerprint density at radius 3 is 1.46 bits per heavy atom. The highest BCUT2D eigenvalue weighted by Gasteiger charge is 1.97. The molecule has 0 amide bonds. The van der Waals surface area contributed by atoms with Gasteiger partial charge in [0.15, 0.2) is 0 Å². The second kappa shape index (κ2) is 17.4. The summed E-state index contributed by atoms with van der Waals surface area (Å²) < 4.78 is 5.85. The molecule has 0 radical (unpaired) electrons. The molecule has 0 heterocycles. The summed E-state index contributed by atoms with van der Waals surface area (Å²) in [5.41, 5.74) is 1.41. The minimum Gasteiger partial charge on any atom is -0.494 e. The molecule has 150 valence electrons. The average Bonchev–Trinajstić information content (AvgIpc) is 2.66. The fraction of sp³-hybridized carbons (Fsp3) is 0.760. The zero-order chi connectivity index (χ0) is 18.7. The Morgan fingerprint density at radius 2 is 1.00 bits per heavy atom. The third kappa shape index (κ3) is 13.3. The van der Waals surface area contributed by atoms with Gasteiger partial charge in [-0.15, -0.1) is 0 Å². The summed E-state index contributed by atoms with van der Waals surface area (Å²) in [5.74, 6) is 1.03. The van der Waals surface area contributed by atoms with E-state index in [1.54, 1.807) is 0 Å². The highest BCUT2D eigenvalue weighted by molar-refractivity contribution is 5.27. The monoisotopic (exact) mass is 360 g/mol. The van der Waals surface area contributed by atoms with Gasteiger partial charge in [0.25, 0.3) is 0 Å². The van der Waals surface area contributed by atoms with E-state index >= 15 is 0 Å². The van der Waals surface area contributed by atoms with Gasteiger partial charge < -0.3 is 4.74 Å². The Kier molecular flexibility index (Phi) is 15.5. The van der Waals surface area contributed by atoms with Crippen LogP contribution in [0, 0.1) is 0 Å². The van der Waals surface area contributed by atoms with Gasteiger partial charge in [-0.2, -0.15) is 0 Å². The summed E-state index contributed by atoms with van der Waals surface area (Å²) in [6, 6.07) is 8.64. The van der Waals surface area contributed by atoms with Crippen molar-refractivity contribution in [3.63, 3.8) is 0 Å². The maximum absolute atomic E-state index is 5.85. The first-order chi connectivity index (χ1) is 12.9. The largest absolute Gasteiger partial charge is 0.494 e. The number of aryl methyl sites for hydroxylation is 1. The van der Waals surface area contributed by atoms with Crippen LogP contribution in [0.3, 0.4) is 0 Å². The van der Waals surface area contributed by atoms with E-state index in [0.717, 1.165) is 12.4 Å². The molecular weight excluding hydrogens is 316 g/mol. The van der Waals surface area contributed by atoms with E-state index < -0.39 is 0 Å². The van der Waals surface area contributed by atoms with Gasteiger partial charge in [0.1, 0.15) is 5.75 Å². The number of hydrogen-bond acceptors (Lipinski definition) is 1. The maximum atomic E-state index is 5.85. The van der Waals surface area contributed by atoms with E-state index in [-0.39, 0.29) is 0 Å². The predicted molar refractivity (Wildman–Crippen MR) is 116 cm³/mol. The fourth-order valence-electron chi connectivity index (χ4n) is 3.53. The lowest BCUT2D eigenvalue weighted by atomic mass is 10.0. The maximum Gasteiger partial charge on any atom is 0.119 e. The molecule has 0 N–H and O–H groups in total. The molecule has 1 nitrogen and oxygen atoms in total. The van der Waals surface area contributed by atoms with Gasteiger partial charge in [-0.05, 0) is 30.5 Å². The van der Waals surface area contributed by atoms with Crippen LogP contribution in [0.2, 0.25) is 0 Å². The molecule has 1 heteroatoms. The minimum atomic E-state index is 0.866. The second-order valence-electron chi connectivity index (χ2n) is 7.84. The molecule has 0 aliphatic heterocycles. The predicted octanol–water partition coefficient (Wildman–Crippen LogP) is 8.50. The SMILES string of the molecule is CCCCCCCCCCCCCCCCOc1ccc(CCC)cc1. The van der Waals surface area contributed by atoms with Gasteiger partial charge in [0.05, 0.1) is 6.61 Å². The van der Waals surface area contributed by atoms with Crippen LogP contribution in [0.1, 0.15) is 116 Å². The normalized spacial score (nSPS) is 11.0.